The minimum Gasteiger partial charge on any atom is -0.322 e. The molecule has 2 aromatic heterocycles. The molecular formula is C15H12F2N4OS. The van der Waals surface area contributed by atoms with Gasteiger partial charge in [-0.05, 0) is 37.3 Å². The highest BCUT2D eigenvalue weighted by molar-refractivity contribution is 7.99. The molecule has 1 aromatic carbocycles. The minimum atomic E-state index is -2.47. The minimum absolute atomic E-state index is 0.347. The lowest BCUT2D eigenvalue weighted by Gasteiger charge is -2.05. The first-order valence-electron chi connectivity index (χ1n) is 6.70. The van der Waals surface area contributed by atoms with Gasteiger partial charge in [0.15, 0.2) is 5.65 Å². The Hall–Kier alpha value is -2.48. The maximum Gasteiger partial charge on any atom is 0.288 e. The van der Waals surface area contributed by atoms with Crippen molar-refractivity contribution < 1.29 is 13.6 Å². The average molecular weight is 334 g/mol. The normalized spacial score (nSPS) is 11.1. The first kappa shape index (κ1) is 15.4. The number of carbonyl (C=O) groups is 1. The number of nitrogens with zero attached hydrogens (tertiary/aromatic N) is 3. The summed E-state index contributed by atoms with van der Waals surface area (Å²) in [6.45, 7) is 1.83. The number of aryl methyl sites for hydroxylation is 1. The van der Waals surface area contributed by atoms with Gasteiger partial charge in [0.25, 0.3) is 11.7 Å². The molecule has 0 saturated heterocycles. The fourth-order valence-corrected chi connectivity index (χ4v) is 2.54. The number of anilines is 1. The van der Waals surface area contributed by atoms with Crippen molar-refractivity contribution in [2.45, 2.75) is 17.6 Å². The van der Waals surface area contributed by atoms with Crippen LogP contribution in [0.25, 0.3) is 5.65 Å². The first-order valence-corrected chi connectivity index (χ1v) is 7.58. The standard InChI is InChI=1S/C15H12F2N4OS/c1-9-6-7-21-13(19-9)12(8-18-21)14(22)20-10-2-4-11(5-3-10)23-15(16)17/h2-8,15H,1H3,(H,20,22). The van der Waals surface area contributed by atoms with Crippen LogP contribution < -0.4 is 5.32 Å². The Morgan fingerprint density at radius 2 is 2.00 bits per heavy atom. The number of fused-ring (bicyclic) bond motifs is 1. The second kappa shape index (κ2) is 6.33. The molecule has 3 aromatic rings. The maximum atomic E-state index is 12.3. The fraction of sp³-hybridized carbons (Fsp3) is 0.133. The van der Waals surface area contributed by atoms with E-state index in [0.29, 0.717) is 33.6 Å². The van der Waals surface area contributed by atoms with E-state index in [1.807, 2.05) is 6.92 Å². The van der Waals surface area contributed by atoms with E-state index in [9.17, 15) is 13.6 Å². The second-order valence-electron chi connectivity index (χ2n) is 4.75. The van der Waals surface area contributed by atoms with E-state index in [1.54, 1.807) is 24.4 Å². The summed E-state index contributed by atoms with van der Waals surface area (Å²) in [5, 5.41) is 6.78. The molecule has 8 heteroatoms. The van der Waals surface area contributed by atoms with Gasteiger partial charge in [-0.1, -0.05) is 11.8 Å². The lowest BCUT2D eigenvalue weighted by atomic mass is 10.2. The lowest BCUT2D eigenvalue weighted by Crippen LogP contribution is -2.12. The highest BCUT2D eigenvalue weighted by Crippen LogP contribution is 2.26. The lowest BCUT2D eigenvalue weighted by molar-refractivity contribution is 0.102. The van der Waals surface area contributed by atoms with E-state index in [0.717, 1.165) is 5.69 Å². The van der Waals surface area contributed by atoms with Crippen LogP contribution in [0, 0.1) is 6.92 Å². The average Bonchev–Trinajstić information content (AvgIpc) is 2.91. The molecule has 0 bridgehead atoms. The molecule has 0 saturated carbocycles. The van der Waals surface area contributed by atoms with Crippen LogP contribution in [-0.4, -0.2) is 26.3 Å². The number of hydrogen-bond acceptors (Lipinski definition) is 4. The van der Waals surface area contributed by atoms with Crippen LogP contribution in [-0.2, 0) is 0 Å². The van der Waals surface area contributed by atoms with Gasteiger partial charge in [-0.2, -0.15) is 13.9 Å². The van der Waals surface area contributed by atoms with E-state index in [-0.39, 0.29) is 5.91 Å². The summed E-state index contributed by atoms with van der Waals surface area (Å²) in [4.78, 5) is 17.1. The zero-order chi connectivity index (χ0) is 16.4. The number of benzene rings is 1. The molecule has 1 amide bonds. The van der Waals surface area contributed by atoms with Crippen LogP contribution in [0.1, 0.15) is 16.1 Å². The van der Waals surface area contributed by atoms with Gasteiger partial charge in [-0.3, -0.25) is 4.79 Å². The third-order valence-electron chi connectivity index (χ3n) is 3.09. The number of amides is 1. The van der Waals surface area contributed by atoms with Gasteiger partial charge in [0.1, 0.15) is 5.56 Å². The van der Waals surface area contributed by atoms with E-state index in [4.69, 9.17) is 0 Å². The third-order valence-corrected chi connectivity index (χ3v) is 3.81. The van der Waals surface area contributed by atoms with Gasteiger partial charge in [0.05, 0.1) is 6.20 Å². The Morgan fingerprint density at radius 3 is 2.70 bits per heavy atom. The Morgan fingerprint density at radius 1 is 1.26 bits per heavy atom. The Balaban J connectivity index is 1.79. The SMILES string of the molecule is Cc1ccn2ncc(C(=O)Nc3ccc(SC(F)F)cc3)c2n1. The van der Waals surface area contributed by atoms with Crippen LogP contribution in [0.15, 0.2) is 47.6 Å². The molecular weight excluding hydrogens is 322 g/mol. The highest BCUT2D eigenvalue weighted by Gasteiger charge is 2.14. The molecule has 0 radical (unpaired) electrons. The molecule has 0 aliphatic heterocycles. The number of thioether (sulfide) groups is 1. The molecule has 118 valence electrons. The number of rotatable bonds is 4. The van der Waals surface area contributed by atoms with E-state index in [2.05, 4.69) is 15.4 Å². The summed E-state index contributed by atoms with van der Waals surface area (Å²) in [5.41, 5.74) is 2.10. The van der Waals surface area contributed by atoms with Gasteiger partial charge in [-0.15, -0.1) is 0 Å². The van der Waals surface area contributed by atoms with E-state index < -0.39 is 5.76 Å². The fourth-order valence-electron chi connectivity index (χ4n) is 2.04. The van der Waals surface area contributed by atoms with Gasteiger partial charge in [-0.25, -0.2) is 9.50 Å². The molecule has 23 heavy (non-hydrogen) atoms. The number of alkyl halides is 2. The first-order chi connectivity index (χ1) is 11.0. The van der Waals surface area contributed by atoms with Crippen molar-refractivity contribution in [3.63, 3.8) is 0 Å². The summed E-state index contributed by atoms with van der Waals surface area (Å²) < 4.78 is 26.1. The number of aromatic nitrogens is 3. The molecule has 0 atom stereocenters. The number of carbonyl (C=O) groups excluding carboxylic acids is 1. The van der Waals surface area contributed by atoms with Crippen molar-refractivity contribution in [3.05, 3.63) is 54.0 Å². The highest BCUT2D eigenvalue weighted by atomic mass is 32.2. The molecule has 0 spiro atoms. The number of nitrogens with one attached hydrogen (secondary N) is 1. The summed E-state index contributed by atoms with van der Waals surface area (Å²) in [5.74, 6) is -2.82. The molecule has 2 heterocycles. The molecule has 5 nitrogen and oxygen atoms in total. The molecule has 0 aliphatic carbocycles. The molecule has 3 rings (SSSR count). The van der Waals surface area contributed by atoms with Crippen molar-refractivity contribution >= 4 is 29.0 Å². The molecule has 1 N–H and O–H groups in total. The smallest absolute Gasteiger partial charge is 0.288 e. The van der Waals surface area contributed by atoms with E-state index in [1.165, 1.54) is 22.8 Å². The monoisotopic (exact) mass is 334 g/mol. The van der Waals surface area contributed by atoms with Gasteiger partial charge < -0.3 is 5.32 Å². The zero-order valence-corrected chi connectivity index (χ0v) is 12.8. The Labute approximate surface area is 134 Å². The van der Waals surface area contributed by atoms with Crippen molar-refractivity contribution in [1.29, 1.82) is 0 Å². The number of halogens is 2. The van der Waals surface area contributed by atoms with Gasteiger partial charge in [0.2, 0.25) is 0 Å². The predicted molar refractivity (Wildman–Crippen MR) is 84.0 cm³/mol. The predicted octanol–water partition coefficient (Wildman–Crippen LogP) is 3.60. The van der Waals surface area contributed by atoms with Crippen molar-refractivity contribution in [3.8, 4) is 0 Å². The summed E-state index contributed by atoms with van der Waals surface area (Å²) >= 11 is 0.458. The second-order valence-corrected chi connectivity index (χ2v) is 5.82. The molecule has 0 aliphatic rings. The van der Waals surface area contributed by atoms with Crippen LogP contribution in [0.2, 0.25) is 0 Å². The van der Waals surface area contributed by atoms with Crippen LogP contribution >= 0.6 is 11.8 Å². The molecule has 0 unspecified atom stereocenters. The van der Waals surface area contributed by atoms with E-state index >= 15 is 0 Å². The number of hydrogen-bond donors (Lipinski definition) is 1. The van der Waals surface area contributed by atoms with Crippen LogP contribution in [0.5, 0.6) is 0 Å². The van der Waals surface area contributed by atoms with Crippen molar-refractivity contribution in [2.75, 3.05) is 5.32 Å². The summed E-state index contributed by atoms with van der Waals surface area (Å²) in [6.07, 6.45) is 3.17. The third kappa shape index (κ3) is 3.48. The van der Waals surface area contributed by atoms with Crippen molar-refractivity contribution in [2.24, 2.45) is 0 Å². The Bertz CT molecular complexity index is 848. The largest absolute Gasteiger partial charge is 0.322 e. The quantitative estimate of drug-likeness (QED) is 0.741. The zero-order valence-electron chi connectivity index (χ0n) is 12.0. The van der Waals surface area contributed by atoms with Crippen LogP contribution in [0.4, 0.5) is 14.5 Å². The van der Waals surface area contributed by atoms with Crippen molar-refractivity contribution in [1.82, 2.24) is 14.6 Å². The van der Waals surface area contributed by atoms with Gasteiger partial charge in [0, 0.05) is 22.5 Å². The molecule has 0 fully saturated rings. The summed E-state index contributed by atoms with van der Waals surface area (Å²) in [7, 11) is 0. The maximum absolute atomic E-state index is 12.3. The summed E-state index contributed by atoms with van der Waals surface area (Å²) in [6, 6.07) is 8.01. The Kier molecular flexibility index (Phi) is 4.24. The van der Waals surface area contributed by atoms with Gasteiger partial charge >= 0.3 is 0 Å². The van der Waals surface area contributed by atoms with Crippen LogP contribution in [0.3, 0.4) is 0 Å². The topological polar surface area (TPSA) is 59.3 Å².